The van der Waals surface area contributed by atoms with Crippen LogP contribution in [0, 0.1) is 5.82 Å². The maximum Gasteiger partial charge on any atom is 0.338 e. The third-order valence-electron chi connectivity index (χ3n) is 3.41. The van der Waals surface area contributed by atoms with E-state index in [1.54, 1.807) is 13.8 Å². The molecule has 6 nitrogen and oxygen atoms in total. The smallest absolute Gasteiger partial charge is 0.338 e. The molecular formula is C16H20FNO5. The number of carbonyl (C=O) groups is 1. The first-order valence-corrected chi connectivity index (χ1v) is 7.28. The van der Waals surface area contributed by atoms with Crippen LogP contribution >= 0.6 is 0 Å². The lowest BCUT2D eigenvalue weighted by Crippen LogP contribution is -2.23. The summed E-state index contributed by atoms with van der Waals surface area (Å²) in [6, 6.07) is 1.28. The summed E-state index contributed by atoms with van der Waals surface area (Å²) in [5.74, 6) is -0.931. The van der Waals surface area contributed by atoms with Gasteiger partial charge in [0.05, 0.1) is 37.7 Å². The molecule has 0 radical (unpaired) electrons. The van der Waals surface area contributed by atoms with Crippen LogP contribution in [0.4, 0.5) is 10.1 Å². The number of rotatable bonds is 6. The van der Waals surface area contributed by atoms with E-state index in [2.05, 4.69) is 5.32 Å². The molecule has 1 unspecified atom stereocenters. The Morgan fingerprint density at radius 1 is 1.22 bits per heavy atom. The summed E-state index contributed by atoms with van der Waals surface area (Å²) in [5.41, 5.74) is 1.23. The minimum Gasteiger partial charge on any atom is -0.492 e. The second-order valence-corrected chi connectivity index (χ2v) is 4.69. The molecule has 7 heteroatoms. The first-order chi connectivity index (χ1) is 11.1. The van der Waals surface area contributed by atoms with Crippen molar-refractivity contribution in [2.24, 2.45) is 0 Å². The van der Waals surface area contributed by atoms with E-state index in [0.717, 1.165) is 0 Å². The highest BCUT2D eigenvalue weighted by atomic mass is 19.1. The molecule has 1 aromatic rings. The highest BCUT2D eigenvalue weighted by Crippen LogP contribution is 2.47. The number of fused-ring (bicyclic) bond motifs is 1. The van der Waals surface area contributed by atoms with Gasteiger partial charge >= 0.3 is 5.97 Å². The Morgan fingerprint density at radius 2 is 1.91 bits per heavy atom. The molecular weight excluding hydrogens is 305 g/mol. The maximum atomic E-state index is 14.1. The van der Waals surface area contributed by atoms with Crippen molar-refractivity contribution in [2.45, 2.75) is 20.0 Å². The van der Waals surface area contributed by atoms with Crippen LogP contribution in [0.1, 0.15) is 25.5 Å². The monoisotopic (exact) mass is 325 g/mol. The summed E-state index contributed by atoms with van der Waals surface area (Å²) in [5, 5.41) is 2.89. The Labute approximate surface area is 134 Å². The van der Waals surface area contributed by atoms with Gasteiger partial charge in [-0.3, -0.25) is 0 Å². The normalized spacial score (nSPS) is 16.0. The van der Waals surface area contributed by atoms with Crippen molar-refractivity contribution in [3.8, 4) is 11.5 Å². The number of hydrogen-bond acceptors (Lipinski definition) is 6. The zero-order valence-corrected chi connectivity index (χ0v) is 13.6. The zero-order chi connectivity index (χ0) is 17.0. The van der Waals surface area contributed by atoms with Crippen LogP contribution in [0.3, 0.4) is 0 Å². The summed E-state index contributed by atoms with van der Waals surface area (Å²) >= 11 is 0. The van der Waals surface area contributed by atoms with Gasteiger partial charge in [0.15, 0.2) is 17.3 Å². The number of anilines is 1. The Hall–Kier alpha value is -2.28. The summed E-state index contributed by atoms with van der Waals surface area (Å²) in [6.45, 7) is 4.12. The lowest BCUT2D eigenvalue weighted by atomic mass is 9.95. The molecule has 0 saturated carbocycles. The van der Waals surface area contributed by atoms with Crippen molar-refractivity contribution in [1.29, 1.82) is 0 Å². The molecule has 2 rings (SSSR count). The van der Waals surface area contributed by atoms with Crippen molar-refractivity contribution < 1.29 is 28.1 Å². The number of ether oxygens (including phenoxy) is 4. The van der Waals surface area contributed by atoms with E-state index in [4.69, 9.17) is 18.9 Å². The Morgan fingerprint density at radius 3 is 2.48 bits per heavy atom. The highest BCUT2D eigenvalue weighted by Gasteiger charge is 2.35. The van der Waals surface area contributed by atoms with Gasteiger partial charge in [0.25, 0.3) is 0 Å². The number of halogens is 1. The van der Waals surface area contributed by atoms with E-state index >= 15 is 0 Å². The van der Waals surface area contributed by atoms with Gasteiger partial charge in [-0.15, -0.1) is 0 Å². The molecule has 126 valence electrons. The summed E-state index contributed by atoms with van der Waals surface area (Å²) in [7, 11) is 2.75. The van der Waals surface area contributed by atoms with Crippen LogP contribution in [0.5, 0.6) is 11.5 Å². The van der Waals surface area contributed by atoms with E-state index < -0.39 is 17.9 Å². The summed E-state index contributed by atoms with van der Waals surface area (Å²) in [6.07, 6.45) is 0.728. The molecule has 1 aromatic carbocycles. The fourth-order valence-corrected chi connectivity index (χ4v) is 2.50. The molecule has 1 atom stereocenters. The second-order valence-electron chi connectivity index (χ2n) is 4.69. The van der Waals surface area contributed by atoms with Crippen molar-refractivity contribution in [3.63, 3.8) is 0 Å². The van der Waals surface area contributed by atoms with Gasteiger partial charge in [-0.1, -0.05) is 0 Å². The van der Waals surface area contributed by atoms with Crippen molar-refractivity contribution in [2.75, 3.05) is 32.8 Å². The second kappa shape index (κ2) is 7.32. The predicted molar refractivity (Wildman–Crippen MR) is 82.2 cm³/mol. The van der Waals surface area contributed by atoms with Crippen molar-refractivity contribution >= 4 is 11.7 Å². The van der Waals surface area contributed by atoms with Crippen LogP contribution in [0.15, 0.2) is 17.8 Å². The van der Waals surface area contributed by atoms with Crippen molar-refractivity contribution in [3.05, 3.63) is 29.2 Å². The van der Waals surface area contributed by atoms with Gasteiger partial charge in [0.1, 0.15) is 6.10 Å². The molecule has 1 N–H and O–H groups in total. The quantitative estimate of drug-likeness (QED) is 0.811. The average Bonchev–Trinajstić information content (AvgIpc) is 2.54. The largest absolute Gasteiger partial charge is 0.492 e. The van der Waals surface area contributed by atoms with Crippen LogP contribution < -0.4 is 14.8 Å². The fourth-order valence-electron chi connectivity index (χ4n) is 2.50. The number of nitrogens with one attached hydrogen (secondary N) is 1. The fraction of sp³-hybridized carbons (Fsp3) is 0.438. The Balaban J connectivity index is 2.59. The summed E-state index contributed by atoms with van der Waals surface area (Å²) < 4.78 is 35.3. The van der Waals surface area contributed by atoms with Crippen molar-refractivity contribution in [1.82, 2.24) is 0 Å². The molecule has 23 heavy (non-hydrogen) atoms. The molecule has 0 saturated heterocycles. The third kappa shape index (κ3) is 3.10. The lowest BCUT2D eigenvalue weighted by Gasteiger charge is -2.29. The molecule has 0 amide bonds. The SMILES string of the molecule is CCOC(=O)C1=CNc2cc(F)c(OC)c(OC)c2C1OCC. The van der Waals surface area contributed by atoms with E-state index in [0.29, 0.717) is 17.9 Å². The van der Waals surface area contributed by atoms with Gasteiger partial charge in [-0.25, -0.2) is 9.18 Å². The van der Waals surface area contributed by atoms with Crippen LogP contribution in [-0.4, -0.2) is 33.4 Å². The van der Waals surface area contributed by atoms with Crippen LogP contribution in [-0.2, 0) is 14.3 Å². The molecule has 0 spiro atoms. The van der Waals surface area contributed by atoms with Crippen LogP contribution in [0.2, 0.25) is 0 Å². The highest BCUT2D eigenvalue weighted by molar-refractivity contribution is 5.92. The first kappa shape index (κ1) is 17.1. The van der Waals surface area contributed by atoms with Gasteiger partial charge in [0, 0.05) is 18.9 Å². The van der Waals surface area contributed by atoms with Gasteiger partial charge < -0.3 is 24.3 Å². The maximum absolute atomic E-state index is 14.1. The van der Waals surface area contributed by atoms with E-state index in [1.165, 1.54) is 26.5 Å². The van der Waals surface area contributed by atoms with Gasteiger partial charge in [-0.05, 0) is 13.8 Å². The minimum absolute atomic E-state index is 0.0390. The number of methoxy groups -OCH3 is 2. The third-order valence-corrected chi connectivity index (χ3v) is 3.41. The molecule has 1 aliphatic heterocycles. The van der Waals surface area contributed by atoms with Crippen LogP contribution in [0.25, 0.3) is 0 Å². The van der Waals surface area contributed by atoms with E-state index in [-0.39, 0.29) is 23.7 Å². The number of carbonyl (C=O) groups excluding carboxylic acids is 1. The Bertz CT molecular complexity index is 629. The molecule has 1 heterocycles. The number of benzene rings is 1. The first-order valence-electron chi connectivity index (χ1n) is 7.28. The molecule has 0 fully saturated rings. The van der Waals surface area contributed by atoms with Gasteiger partial charge in [0.2, 0.25) is 0 Å². The van der Waals surface area contributed by atoms with Gasteiger partial charge in [-0.2, -0.15) is 0 Å². The predicted octanol–water partition coefficient (Wildman–Crippen LogP) is 2.79. The van der Waals surface area contributed by atoms with E-state index in [9.17, 15) is 9.18 Å². The average molecular weight is 325 g/mol. The zero-order valence-electron chi connectivity index (χ0n) is 13.6. The molecule has 0 aliphatic carbocycles. The minimum atomic E-state index is -0.736. The van der Waals surface area contributed by atoms with E-state index in [1.807, 2.05) is 0 Å². The number of hydrogen-bond donors (Lipinski definition) is 1. The standard InChI is InChI=1S/C16H20FNO5/c1-5-22-13-9(16(19)23-6-2)8-18-11-7-10(17)14(20-3)15(21-4)12(11)13/h7-8,13,18H,5-6H2,1-4H3. The summed E-state index contributed by atoms with van der Waals surface area (Å²) in [4.78, 5) is 12.2. The molecule has 0 bridgehead atoms. The molecule has 1 aliphatic rings. The number of esters is 1. The lowest BCUT2D eigenvalue weighted by molar-refractivity contribution is -0.140. The topological polar surface area (TPSA) is 66.0 Å². The molecule has 0 aromatic heterocycles. The Kier molecular flexibility index (Phi) is 5.44.